The Balaban J connectivity index is 2.31. The molecule has 1 N–H and O–H groups in total. The van der Waals surface area contributed by atoms with E-state index in [1.165, 1.54) is 37.8 Å². The average molecular weight is 179 g/mol. The van der Waals surface area contributed by atoms with Crippen LogP contribution >= 0.6 is 0 Å². The zero-order valence-corrected chi connectivity index (χ0v) is 8.84. The minimum Gasteiger partial charge on any atom is -0.365 e. The van der Waals surface area contributed by atoms with Gasteiger partial charge in [-0.15, -0.1) is 0 Å². The lowest BCUT2D eigenvalue weighted by atomic mass is 9.94. The van der Waals surface area contributed by atoms with Gasteiger partial charge in [0.1, 0.15) is 0 Å². The molecule has 1 aromatic rings. The first-order valence-corrected chi connectivity index (χ1v) is 5.49. The fourth-order valence-corrected chi connectivity index (χ4v) is 1.75. The van der Waals surface area contributed by atoms with Crippen molar-refractivity contribution < 1.29 is 0 Å². The lowest BCUT2D eigenvalue weighted by Crippen LogP contribution is -2.03. The summed E-state index contributed by atoms with van der Waals surface area (Å²) in [5.74, 6) is 0.874. The Morgan fingerprint density at radius 1 is 1.38 bits per heavy atom. The third-order valence-electron chi connectivity index (χ3n) is 2.71. The molecule has 0 spiro atoms. The smallest absolute Gasteiger partial charge is 0.0149 e. The topological polar surface area (TPSA) is 15.8 Å². The number of unbranched alkanes of at least 4 members (excludes halogenated alkanes) is 1. The van der Waals surface area contributed by atoms with E-state index in [-0.39, 0.29) is 0 Å². The number of aromatic nitrogens is 1. The molecule has 0 amide bonds. The van der Waals surface area contributed by atoms with Gasteiger partial charge in [-0.05, 0) is 24.5 Å². The number of aromatic amines is 1. The first-order chi connectivity index (χ1) is 6.36. The van der Waals surface area contributed by atoms with Crippen molar-refractivity contribution in [2.45, 2.75) is 46.0 Å². The van der Waals surface area contributed by atoms with E-state index in [2.05, 4.69) is 31.0 Å². The highest BCUT2D eigenvalue weighted by Gasteiger charge is 2.06. The second-order valence-electron chi connectivity index (χ2n) is 3.82. The predicted octanol–water partition coefficient (Wildman–Crippen LogP) is 3.77. The molecule has 0 aliphatic rings. The zero-order chi connectivity index (χ0) is 9.52. The van der Waals surface area contributed by atoms with Gasteiger partial charge in [-0.2, -0.15) is 0 Å². The van der Waals surface area contributed by atoms with Crippen molar-refractivity contribution in [3.05, 3.63) is 24.0 Å². The van der Waals surface area contributed by atoms with Crippen molar-refractivity contribution in [2.24, 2.45) is 5.92 Å². The van der Waals surface area contributed by atoms with Crippen LogP contribution in [0.2, 0.25) is 0 Å². The van der Waals surface area contributed by atoms with E-state index in [0.717, 1.165) is 5.92 Å². The van der Waals surface area contributed by atoms with Crippen LogP contribution in [0.15, 0.2) is 18.3 Å². The summed E-state index contributed by atoms with van der Waals surface area (Å²) in [7, 11) is 0. The molecule has 1 heteroatoms. The fraction of sp³-hybridized carbons (Fsp3) is 0.667. The minimum atomic E-state index is 0.874. The van der Waals surface area contributed by atoms with Gasteiger partial charge >= 0.3 is 0 Å². The summed E-state index contributed by atoms with van der Waals surface area (Å²) in [5.41, 5.74) is 1.39. The highest BCUT2D eigenvalue weighted by molar-refractivity contribution is 5.04. The van der Waals surface area contributed by atoms with E-state index in [1.54, 1.807) is 0 Å². The highest BCUT2D eigenvalue weighted by atomic mass is 14.7. The van der Waals surface area contributed by atoms with Crippen molar-refractivity contribution in [1.29, 1.82) is 0 Å². The maximum Gasteiger partial charge on any atom is 0.0149 e. The summed E-state index contributed by atoms with van der Waals surface area (Å²) in [5, 5.41) is 0. The van der Waals surface area contributed by atoms with E-state index in [0.29, 0.717) is 0 Å². The van der Waals surface area contributed by atoms with Crippen molar-refractivity contribution >= 4 is 0 Å². The third kappa shape index (κ3) is 3.67. The molecule has 1 rings (SSSR count). The molecule has 74 valence electrons. The molecule has 13 heavy (non-hydrogen) atoms. The average Bonchev–Trinajstić information content (AvgIpc) is 2.64. The zero-order valence-electron chi connectivity index (χ0n) is 8.84. The van der Waals surface area contributed by atoms with Crippen LogP contribution in [-0.4, -0.2) is 4.98 Å². The van der Waals surface area contributed by atoms with E-state index >= 15 is 0 Å². The van der Waals surface area contributed by atoms with Crippen LogP contribution in [0.5, 0.6) is 0 Å². The molecule has 0 aromatic carbocycles. The molecule has 1 nitrogen and oxygen atoms in total. The molecule has 1 atom stereocenters. The minimum absolute atomic E-state index is 0.874. The summed E-state index contributed by atoms with van der Waals surface area (Å²) >= 11 is 0. The summed E-state index contributed by atoms with van der Waals surface area (Å²) in [4.78, 5) is 3.28. The largest absolute Gasteiger partial charge is 0.365 e. The monoisotopic (exact) mass is 179 g/mol. The molecule has 1 unspecified atom stereocenters. The van der Waals surface area contributed by atoms with Crippen LogP contribution in [0.25, 0.3) is 0 Å². The van der Waals surface area contributed by atoms with Crippen LogP contribution in [0.1, 0.15) is 45.2 Å². The Labute approximate surface area is 81.6 Å². The Morgan fingerprint density at radius 3 is 2.77 bits per heavy atom. The third-order valence-corrected chi connectivity index (χ3v) is 2.71. The van der Waals surface area contributed by atoms with E-state index in [1.807, 2.05) is 6.20 Å². The molecule has 0 radical (unpaired) electrons. The van der Waals surface area contributed by atoms with Gasteiger partial charge in [0.05, 0.1) is 0 Å². The van der Waals surface area contributed by atoms with Crippen LogP contribution < -0.4 is 0 Å². The van der Waals surface area contributed by atoms with E-state index in [9.17, 15) is 0 Å². The second kappa shape index (κ2) is 5.85. The van der Waals surface area contributed by atoms with Crippen LogP contribution in [0, 0.1) is 5.92 Å². The lowest BCUT2D eigenvalue weighted by molar-refractivity contribution is 0.446. The van der Waals surface area contributed by atoms with Gasteiger partial charge < -0.3 is 4.98 Å². The van der Waals surface area contributed by atoms with Gasteiger partial charge in [-0.3, -0.25) is 0 Å². The van der Waals surface area contributed by atoms with Gasteiger partial charge in [0.25, 0.3) is 0 Å². The summed E-state index contributed by atoms with van der Waals surface area (Å²) < 4.78 is 0. The molecule has 0 saturated carbocycles. The van der Waals surface area contributed by atoms with Gasteiger partial charge in [0.2, 0.25) is 0 Å². The Hall–Kier alpha value is -0.720. The quantitative estimate of drug-likeness (QED) is 0.684. The van der Waals surface area contributed by atoms with Crippen molar-refractivity contribution in [3.63, 3.8) is 0 Å². The van der Waals surface area contributed by atoms with Crippen LogP contribution in [0.3, 0.4) is 0 Å². The van der Waals surface area contributed by atoms with Gasteiger partial charge in [0.15, 0.2) is 0 Å². The molecular weight excluding hydrogens is 158 g/mol. The Bertz CT molecular complexity index is 201. The first-order valence-electron chi connectivity index (χ1n) is 5.49. The second-order valence-corrected chi connectivity index (χ2v) is 3.82. The molecular formula is C12H21N. The molecule has 0 saturated heterocycles. The number of hydrogen-bond donors (Lipinski definition) is 1. The van der Waals surface area contributed by atoms with Crippen molar-refractivity contribution in [3.8, 4) is 0 Å². The Morgan fingerprint density at radius 2 is 2.23 bits per heavy atom. The normalized spacial score (nSPS) is 13.1. The summed E-state index contributed by atoms with van der Waals surface area (Å²) in [6, 6.07) is 4.27. The van der Waals surface area contributed by atoms with Crippen LogP contribution in [0.4, 0.5) is 0 Å². The van der Waals surface area contributed by atoms with Crippen LogP contribution in [-0.2, 0) is 6.42 Å². The summed E-state index contributed by atoms with van der Waals surface area (Å²) in [6.45, 7) is 4.56. The first kappa shape index (κ1) is 10.4. The van der Waals surface area contributed by atoms with Crippen molar-refractivity contribution in [1.82, 2.24) is 4.98 Å². The van der Waals surface area contributed by atoms with Gasteiger partial charge in [-0.1, -0.05) is 39.5 Å². The van der Waals surface area contributed by atoms with E-state index < -0.39 is 0 Å². The predicted molar refractivity (Wildman–Crippen MR) is 57.8 cm³/mol. The molecule has 0 aliphatic heterocycles. The Kier molecular flexibility index (Phi) is 4.66. The molecule has 1 heterocycles. The van der Waals surface area contributed by atoms with Gasteiger partial charge in [0, 0.05) is 11.9 Å². The molecule has 0 aliphatic carbocycles. The van der Waals surface area contributed by atoms with Crippen molar-refractivity contribution in [2.75, 3.05) is 0 Å². The molecule has 1 aromatic heterocycles. The standard InChI is InChI=1S/C12H21N/c1-3-5-7-11(4-2)10-12-8-6-9-13-12/h6,8-9,11,13H,3-5,7,10H2,1-2H3. The van der Waals surface area contributed by atoms with Gasteiger partial charge in [-0.25, -0.2) is 0 Å². The lowest BCUT2D eigenvalue weighted by Gasteiger charge is -2.12. The maximum atomic E-state index is 3.28. The molecule has 0 fully saturated rings. The fourth-order valence-electron chi connectivity index (χ4n) is 1.75. The highest BCUT2D eigenvalue weighted by Crippen LogP contribution is 2.17. The molecule has 0 bridgehead atoms. The maximum absolute atomic E-state index is 3.28. The number of hydrogen-bond acceptors (Lipinski definition) is 0. The number of H-pyrrole nitrogens is 1. The SMILES string of the molecule is CCCCC(CC)Cc1ccc[nH]1. The number of nitrogens with one attached hydrogen (secondary N) is 1. The summed E-state index contributed by atoms with van der Waals surface area (Å²) in [6.07, 6.45) is 8.62. The number of rotatable bonds is 6. The van der Waals surface area contributed by atoms with E-state index in [4.69, 9.17) is 0 Å².